The van der Waals surface area contributed by atoms with E-state index in [4.69, 9.17) is 0 Å². The second kappa shape index (κ2) is 7.05. The van der Waals surface area contributed by atoms with Gasteiger partial charge in [-0.3, -0.25) is 0 Å². The number of benzene rings is 1. The van der Waals surface area contributed by atoms with Gasteiger partial charge in [-0.1, -0.05) is 49.9 Å². The molecule has 0 amide bonds. The van der Waals surface area contributed by atoms with Gasteiger partial charge in [0.15, 0.2) is 0 Å². The molecule has 0 aliphatic rings. The van der Waals surface area contributed by atoms with Crippen molar-refractivity contribution in [2.24, 2.45) is 0 Å². The van der Waals surface area contributed by atoms with E-state index < -0.39 is 0 Å². The maximum absolute atomic E-state index is 4.14. The summed E-state index contributed by atoms with van der Waals surface area (Å²) in [4.78, 5) is 2.35. The lowest BCUT2D eigenvalue weighted by atomic mass is 10.1. The van der Waals surface area contributed by atoms with Gasteiger partial charge < -0.3 is 4.90 Å². The largest absolute Gasteiger partial charge is 0.369 e. The van der Waals surface area contributed by atoms with Crippen LogP contribution in [-0.4, -0.2) is 17.5 Å². The average molecular weight is 243 g/mol. The molecule has 0 aromatic heterocycles. The third kappa shape index (κ3) is 4.06. The van der Waals surface area contributed by atoms with Crippen molar-refractivity contribution in [2.45, 2.75) is 40.2 Å². The van der Waals surface area contributed by atoms with Crippen LogP contribution < -0.4 is 0 Å². The van der Waals surface area contributed by atoms with Gasteiger partial charge in [0, 0.05) is 18.3 Å². The van der Waals surface area contributed by atoms with Crippen LogP contribution in [0.25, 0.3) is 5.57 Å². The van der Waals surface area contributed by atoms with Crippen molar-refractivity contribution < 1.29 is 0 Å². The van der Waals surface area contributed by atoms with E-state index in [-0.39, 0.29) is 0 Å². The predicted octanol–water partition coefficient (Wildman–Crippen LogP) is 4.72. The van der Waals surface area contributed by atoms with E-state index in [1.54, 1.807) is 0 Å². The van der Waals surface area contributed by atoms with Gasteiger partial charge in [0.1, 0.15) is 0 Å². The third-order valence-electron chi connectivity index (χ3n) is 3.26. The first-order chi connectivity index (χ1) is 8.56. The van der Waals surface area contributed by atoms with Crippen molar-refractivity contribution in [2.75, 3.05) is 6.54 Å². The molecule has 1 aromatic carbocycles. The summed E-state index contributed by atoms with van der Waals surface area (Å²) < 4.78 is 0. The lowest BCUT2D eigenvalue weighted by molar-refractivity contribution is 0.306. The smallest absolute Gasteiger partial charge is 0.0365 e. The topological polar surface area (TPSA) is 3.24 Å². The van der Waals surface area contributed by atoms with Crippen molar-refractivity contribution in [3.8, 4) is 0 Å². The van der Waals surface area contributed by atoms with Crippen LogP contribution in [0.1, 0.15) is 39.7 Å². The van der Waals surface area contributed by atoms with Gasteiger partial charge in [-0.15, -0.1) is 0 Å². The van der Waals surface area contributed by atoms with Gasteiger partial charge in [0.05, 0.1) is 0 Å². The van der Waals surface area contributed by atoms with E-state index in [2.05, 4.69) is 75.6 Å². The summed E-state index contributed by atoms with van der Waals surface area (Å²) in [5.74, 6) is 0. The van der Waals surface area contributed by atoms with Gasteiger partial charge in [-0.25, -0.2) is 0 Å². The van der Waals surface area contributed by atoms with Gasteiger partial charge >= 0.3 is 0 Å². The van der Waals surface area contributed by atoms with Gasteiger partial charge in [0.25, 0.3) is 0 Å². The molecule has 0 N–H and O–H groups in total. The van der Waals surface area contributed by atoms with E-state index in [1.165, 1.54) is 16.8 Å². The molecule has 0 unspecified atom stereocenters. The van der Waals surface area contributed by atoms with Crippen LogP contribution in [0, 0.1) is 0 Å². The third-order valence-corrected chi connectivity index (χ3v) is 3.26. The summed E-state index contributed by atoms with van der Waals surface area (Å²) in [6.45, 7) is 13.8. The first-order valence-electron chi connectivity index (χ1n) is 6.72. The van der Waals surface area contributed by atoms with Crippen LogP contribution in [0.4, 0.5) is 0 Å². The van der Waals surface area contributed by atoms with E-state index in [1.807, 2.05) is 0 Å². The minimum atomic E-state index is 0.497. The van der Waals surface area contributed by atoms with Crippen molar-refractivity contribution in [1.82, 2.24) is 4.90 Å². The van der Waals surface area contributed by atoms with E-state index in [0.29, 0.717) is 6.04 Å². The Morgan fingerprint density at radius 3 is 2.39 bits per heavy atom. The molecule has 0 fully saturated rings. The highest BCUT2D eigenvalue weighted by Crippen LogP contribution is 2.16. The molecule has 1 aromatic rings. The standard InChI is InChI=1S/C17H25N/c1-6-16(5)18(14(2)3)13-12-15(4)17-10-8-7-9-11-17/h7-12,14H,5-6,13H2,1-4H3/b15-12-. The summed E-state index contributed by atoms with van der Waals surface area (Å²) in [6.07, 6.45) is 3.30. The molecule has 0 heterocycles. The monoisotopic (exact) mass is 243 g/mol. The number of allylic oxidation sites excluding steroid dienone is 2. The molecule has 1 rings (SSSR count). The highest BCUT2D eigenvalue weighted by atomic mass is 15.1. The molecule has 0 spiro atoms. The Labute approximate surface area is 112 Å². The zero-order valence-electron chi connectivity index (χ0n) is 12.1. The highest BCUT2D eigenvalue weighted by Gasteiger charge is 2.08. The van der Waals surface area contributed by atoms with Crippen LogP contribution in [0.15, 0.2) is 48.7 Å². The Hall–Kier alpha value is -1.50. The fourth-order valence-corrected chi connectivity index (χ4v) is 1.96. The van der Waals surface area contributed by atoms with Crippen molar-refractivity contribution in [3.63, 3.8) is 0 Å². The lowest BCUT2D eigenvalue weighted by Crippen LogP contribution is -2.29. The van der Waals surface area contributed by atoms with Crippen LogP contribution in [0.5, 0.6) is 0 Å². The van der Waals surface area contributed by atoms with E-state index in [0.717, 1.165) is 13.0 Å². The first-order valence-corrected chi connectivity index (χ1v) is 6.72. The molecule has 1 heteroatoms. The first kappa shape index (κ1) is 14.6. The second-order valence-electron chi connectivity index (χ2n) is 4.92. The van der Waals surface area contributed by atoms with Crippen molar-refractivity contribution in [3.05, 3.63) is 54.2 Å². The van der Waals surface area contributed by atoms with Gasteiger partial charge in [0.2, 0.25) is 0 Å². The summed E-state index contributed by atoms with van der Waals surface area (Å²) >= 11 is 0. The number of rotatable bonds is 6. The van der Waals surface area contributed by atoms with Crippen molar-refractivity contribution in [1.29, 1.82) is 0 Å². The zero-order valence-corrected chi connectivity index (χ0v) is 12.1. The SMILES string of the molecule is C=C(CC)N(C/C=C(/C)c1ccccc1)C(C)C. The minimum Gasteiger partial charge on any atom is -0.369 e. The average Bonchev–Trinajstić information content (AvgIpc) is 2.39. The van der Waals surface area contributed by atoms with Crippen LogP contribution in [0.3, 0.4) is 0 Å². The minimum absolute atomic E-state index is 0.497. The molecule has 0 aliphatic carbocycles. The molecule has 0 atom stereocenters. The second-order valence-corrected chi connectivity index (χ2v) is 4.92. The number of hydrogen-bond donors (Lipinski definition) is 0. The van der Waals surface area contributed by atoms with E-state index in [9.17, 15) is 0 Å². The van der Waals surface area contributed by atoms with Gasteiger partial charge in [-0.05, 0) is 38.3 Å². The number of hydrogen-bond acceptors (Lipinski definition) is 1. The Bertz CT molecular complexity index is 401. The number of nitrogens with zero attached hydrogens (tertiary/aromatic N) is 1. The Morgan fingerprint density at radius 1 is 1.28 bits per heavy atom. The van der Waals surface area contributed by atoms with Crippen LogP contribution >= 0.6 is 0 Å². The quantitative estimate of drug-likeness (QED) is 0.698. The summed E-state index contributed by atoms with van der Waals surface area (Å²) in [5.41, 5.74) is 3.83. The molecule has 1 nitrogen and oxygen atoms in total. The van der Waals surface area contributed by atoms with Crippen LogP contribution in [-0.2, 0) is 0 Å². The van der Waals surface area contributed by atoms with Gasteiger partial charge in [-0.2, -0.15) is 0 Å². The lowest BCUT2D eigenvalue weighted by Gasteiger charge is -2.29. The molecule has 0 aliphatic heterocycles. The zero-order chi connectivity index (χ0) is 13.5. The summed E-state index contributed by atoms with van der Waals surface area (Å²) in [7, 11) is 0. The molecule has 0 bridgehead atoms. The maximum atomic E-state index is 4.14. The molecule has 98 valence electrons. The highest BCUT2D eigenvalue weighted by molar-refractivity contribution is 5.63. The summed E-state index contributed by atoms with van der Waals surface area (Å²) in [6, 6.07) is 11.0. The maximum Gasteiger partial charge on any atom is 0.0365 e. The molecule has 18 heavy (non-hydrogen) atoms. The Morgan fingerprint density at radius 2 is 1.89 bits per heavy atom. The molecular formula is C17H25N. The molecule has 0 saturated carbocycles. The fourth-order valence-electron chi connectivity index (χ4n) is 1.96. The molecule has 0 radical (unpaired) electrons. The van der Waals surface area contributed by atoms with Crippen LogP contribution in [0.2, 0.25) is 0 Å². The predicted molar refractivity (Wildman–Crippen MR) is 81.4 cm³/mol. The fraction of sp³-hybridized carbons (Fsp3) is 0.412. The Kier molecular flexibility index (Phi) is 5.70. The van der Waals surface area contributed by atoms with Crippen molar-refractivity contribution >= 4 is 5.57 Å². The normalized spacial score (nSPS) is 11.7. The Balaban J connectivity index is 2.75. The molecular weight excluding hydrogens is 218 g/mol. The summed E-state index contributed by atoms with van der Waals surface area (Å²) in [5, 5.41) is 0. The van der Waals surface area contributed by atoms with E-state index >= 15 is 0 Å². The molecule has 0 saturated heterocycles.